The number of carbonyl (C=O) groups excluding carboxylic acids is 3. The van der Waals surface area contributed by atoms with E-state index in [0.717, 1.165) is 0 Å². The molecular formula is C37H51ClN4O10. The lowest BCUT2D eigenvalue weighted by Crippen LogP contribution is -2.54. The highest BCUT2D eigenvalue weighted by Gasteiger charge is 2.40. The van der Waals surface area contributed by atoms with Gasteiger partial charge in [0.15, 0.2) is 11.5 Å². The van der Waals surface area contributed by atoms with Crippen LogP contribution >= 0.6 is 12.4 Å². The van der Waals surface area contributed by atoms with Crippen LogP contribution in [0.1, 0.15) is 59.9 Å². The molecule has 1 aliphatic heterocycles. The van der Waals surface area contributed by atoms with E-state index in [2.05, 4.69) is 10.6 Å². The molecule has 0 aliphatic carbocycles. The molecule has 0 saturated heterocycles. The van der Waals surface area contributed by atoms with Gasteiger partial charge in [0.05, 0.1) is 48.9 Å². The van der Waals surface area contributed by atoms with Gasteiger partial charge in [-0.1, -0.05) is 38.1 Å². The molecule has 3 N–H and O–H groups in total. The number of hydrogen-bond acceptors (Lipinski definition) is 12. The number of esters is 2. The number of aliphatic hydroxyl groups excluding tert-OH is 1. The minimum absolute atomic E-state index is 0. The number of ether oxygens (including phenoxy) is 4. The molecule has 0 radical (unpaired) electrons. The van der Waals surface area contributed by atoms with Crippen LogP contribution in [0.2, 0.25) is 0 Å². The molecule has 2 aromatic carbocycles. The zero-order valence-corrected chi connectivity index (χ0v) is 31.8. The number of hydrogen-bond donors (Lipinski definition) is 3. The molecule has 0 fully saturated rings. The number of nitrogens with zero attached hydrogens (tertiary/aromatic N) is 2. The number of amides is 1. The van der Waals surface area contributed by atoms with Gasteiger partial charge >= 0.3 is 11.9 Å². The van der Waals surface area contributed by atoms with Crippen LogP contribution in [0.15, 0.2) is 71.1 Å². The number of nitro benzene ring substituents is 1. The first-order chi connectivity index (χ1) is 24.1. The maximum absolute atomic E-state index is 13.8. The number of carbonyl (C=O) groups is 3. The van der Waals surface area contributed by atoms with Gasteiger partial charge in [-0.25, -0.2) is 9.59 Å². The smallest absolute Gasteiger partial charge is 0.336 e. The number of aliphatic hydroxyl groups is 1. The highest BCUT2D eigenvalue weighted by atomic mass is 35.5. The number of halogens is 1. The van der Waals surface area contributed by atoms with E-state index in [1.54, 1.807) is 63.8 Å². The molecule has 0 aromatic heterocycles. The van der Waals surface area contributed by atoms with Crippen LogP contribution in [0.3, 0.4) is 0 Å². The minimum Gasteiger partial charge on any atom is -0.493 e. The average molecular weight is 747 g/mol. The number of methoxy groups -OCH3 is 1. The summed E-state index contributed by atoms with van der Waals surface area (Å²) in [6.07, 6.45) is -0.897. The first kappa shape index (κ1) is 43.5. The van der Waals surface area contributed by atoms with Gasteiger partial charge in [0.1, 0.15) is 12.7 Å². The van der Waals surface area contributed by atoms with Crippen molar-refractivity contribution in [2.45, 2.75) is 66.0 Å². The molecule has 1 heterocycles. The Morgan fingerprint density at radius 2 is 1.63 bits per heavy atom. The van der Waals surface area contributed by atoms with E-state index in [-0.39, 0.29) is 74.6 Å². The average Bonchev–Trinajstić information content (AvgIpc) is 3.09. The van der Waals surface area contributed by atoms with E-state index in [4.69, 9.17) is 18.9 Å². The van der Waals surface area contributed by atoms with Crippen LogP contribution in [0.25, 0.3) is 0 Å². The maximum Gasteiger partial charge on any atom is 0.336 e. The first-order valence-electron chi connectivity index (χ1n) is 16.9. The molecule has 0 spiro atoms. The summed E-state index contributed by atoms with van der Waals surface area (Å²) in [7, 11) is 1.53. The van der Waals surface area contributed by atoms with E-state index >= 15 is 0 Å². The number of nitrogens with one attached hydrogen (secondary N) is 2. The van der Waals surface area contributed by atoms with E-state index in [1.165, 1.54) is 25.3 Å². The molecule has 2 atom stereocenters. The van der Waals surface area contributed by atoms with Gasteiger partial charge in [-0.3, -0.25) is 14.9 Å². The Hall–Kier alpha value is -4.66. The predicted molar refractivity (Wildman–Crippen MR) is 197 cm³/mol. The number of benzene rings is 2. The molecule has 2 aromatic rings. The predicted octanol–water partition coefficient (Wildman–Crippen LogP) is 4.66. The van der Waals surface area contributed by atoms with Gasteiger partial charge in [-0.15, -0.1) is 12.4 Å². The van der Waals surface area contributed by atoms with Crippen LogP contribution in [0.5, 0.6) is 11.5 Å². The molecule has 52 heavy (non-hydrogen) atoms. The third-order valence-electron chi connectivity index (χ3n) is 8.11. The van der Waals surface area contributed by atoms with Crippen molar-refractivity contribution in [1.82, 2.24) is 15.5 Å². The van der Waals surface area contributed by atoms with Crippen LogP contribution in [-0.2, 0) is 23.9 Å². The number of para-hydroxylation sites is 2. The van der Waals surface area contributed by atoms with Crippen molar-refractivity contribution in [1.29, 1.82) is 0 Å². The van der Waals surface area contributed by atoms with Crippen molar-refractivity contribution in [2.24, 2.45) is 5.92 Å². The lowest BCUT2D eigenvalue weighted by molar-refractivity contribution is -0.384. The molecule has 1 amide bonds. The Bertz CT molecular complexity index is 1640. The SMILES string of the molecule is CCOC(=O)C1=C(C)NC(CN(CC(C)(C)NCC(O)COc2ccccc2OC)C(=O)C(C)C)=C(C(=O)OCC)C1c1cccc([N+](=O)[O-])c1.Cl. The molecule has 14 nitrogen and oxygen atoms in total. The van der Waals surface area contributed by atoms with Gasteiger partial charge in [0.25, 0.3) is 5.69 Å². The minimum atomic E-state index is -1.10. The fourth-order valence-corrected chi connectivity index (χ4v) is 5.78. The quantitative estimate of drug-likeness (QED) is 0.109. The topological polar surface area (TPSA) is 179 Å². The van der Waals surface area contributed by atoms with Gasteiger partial charge in [-0.2, -0.15) is 0 Å². The van der Waals surface area contributed by atoms with Crippen LogP contribution < -0.4 is 20.1 Å². The Morgan fingerprint density at radius 3 is 2.21 bits per heavy atom. The third-order valence-corrected chi connectivity index (χ3v) is 8.11. The molecule has 0 saturated carbocycles. The molecule has 15 heteroatoms. The lowest BCUT2D eigenvalue weighted by atomic mass is 9.80. The summed E-state index contributed by atoms with van der Waals surface area (Å²) >= 11 is 0. The third kappa shape index (κ3) is 11.4. The van der Waals surface area contributed by atoms with Crippen molar-refractivity contribution >= 4 is 35.9 Å². The first-order valence-corrected chi connectivity index (χ1v) is 16.9. The van der Waals surface area contributed by atoms with E-state index < -0.39 is 40.3 Å². The zero-order valence-electron chi connectivity index (χ0n) is 31.0. The number of β-amino-alcohol motifs (C(OH)–C–C–N with tert-alkyl or cyclic N) is 1. The van der Waals surface area contributed by atoms with Gasteiger partial charge in [0.2, 0.25) is 5.91 Å². The number of allylic oxidation sites excluding steroid dienone is 1. The Kier molecular flexibility index (Phi) is 16.6. The molecule has 286 valence electrons. The largest absolute Gasteiger partial charge is 0.493 e. The second-order valence-corrected chi connectivity index (χ2v) is 13.0. The fourth-order valence-electron chi connectivity index (χ4n) is 5.78. The maximum atomic E-state index is 13.8. The summed E-state index contributed by atoms with van der Waals surface area (Å²) in [5.74, 6) is -2.15. The second-order valence-electron chi connectivity index (χ2n) is 13.0. The Morgan fingerprint density at radius 1 is 1.02 bits per heavy atom. The Balaban J connectivity index is 0.00000936. The number of rotatable bonds is 18. The van der Waals surface area contributed by atoms with E-state index in [0.29, 0.717) is 28.5 Å². The van der Waals surface area contributed by atoms with Gasteiger partial charge < -0.3 is 39.6 Å². The van der Waals surface area contributed by atoms with Crippen molar-refractivity contribution in [2.75, 3.05) is 46.6 Å². The summed E-state index contributed by atoms with van der Waals surface area (Å²) in [5, 5.41) is 29.0. The highest BCUT2D eigenvalue weighted by Crippen LogP contribution is 2.40. The molecular weight excluding hydrogens is 696 g/mol. The summed E-state index contributed by atoms with van der Waals surface area (Å²) in [6.45, 7) is 12.5. The van der Waals surface area contributed by atoms with Crippen molar-refractivity contribution < 1.29 is 43.4 Å². The van der Waals surface area contributed by atoms with Gasteiger partial charge in [0, 0.05) is 48.1 Å². The number of nitro groups is 1. The monoisotopic (exact) mass is 746 g/mol. The summed E-state index contributed by atoms with van der Waals surface area (Å²) in [4.78, 5) is 53.7. The van der Waals surface area contributed by atoms with Crippen molar-refractivity contribution in [3.8, 4) is 11.5 Å². The summed E-state index contributed by atoms with van der Waals surface area (Å²) < 4.78 is 21.9. The second kappa shape index (κ2) is 19.8. The van der Waals surface area contributed by atoms with Crippen molar-refractivity contribution in [3.63, 3.8) is 0 Å². The summed E-state index contributed by atoms with van der Waals surface area (Å²) in [5.41, 5.74) is 0.124. The summed E-state index contributed by atoms with van der Waals surface area (Å²) in [6, 6.07) is 12.8. The van der Waals surface area contributed by atoms with Crippen molar-refractivity contribution in [3.05, 3.63) is 86.7 Å². The lowest BCUT2D eigenvalue weighted by Gasteiger charge is -2.38. The zero-order chi connectivity index (χ0) is 37.9. The highest BCUT2D eigenvalue weighted by molar-refractivity contribution is 6.00. The molecule has 1 aliphatic rings. The number of dihydropyridines is 1. The standard InChI is InChI=1S/C37H50N4O10.ClH/c1-9-49-35(44)31-24(5)39-28(33(36(45)50-10-2)32(31)25-14-13-15-26(18-25)41(46)47)20-40(34(43)23(3)4)22-37(6,7)38-19-27(42)21-51-30-17-12-11-16-29(30)48-8;/h11-18,23,27,32,38-39,42H,9-10,19-22H2,1-8H3;1H. The van der Waals surface area contributed by atoms with Crippen LogP contribution in [-0.4, -0.2) is 91.0 Å². The van der Waals surface area contributed by atoms with Gasteiger partial charge in [-0.05, 0) is 52.3 Å². The van der Waals surface area contributed by atoms with Crippen LogP contribution in [0.4, 0.5) is 5.69 Å². The molecule has 2 unspecified atom stereocenters. The van der Waals surface area contributed by atoms with E-state index in [9.17, 15) is 29.6 Å². The normalized spacial score (nSPS) is 14.9. The Labute approximate surface area is 311 Å². The fraction of sp³-hybridized carbons (Fsp3) is 0.486. The van der Waals surface area contributed by atoms with Crippen LogP contribution in [0, 0.1) is 16.0 Å². The number of non-ortho nitro benzene ring substituents is 1. The van der Waals surface area contributed by atoms with E-state index in [1.807, 2.05) is 19.9 Å². The molecule has 3 rings (SSSR count). The molecule has 0 bridgehead atoms.